The zero-order chi connectivity index (χ0) is 6.81. The van der Waals surface area contributed by atoms with Crippen LogP contribution in [0.5, 0.6) is 0 Å². The summed E-state index contributed by atoms with van der Waals surface area (Å²) in [5.41, 5.74) is 1.54. The highest BCUT2D eigenvalue weighted by molar-refractivity contribution is 5.25. The molecule has 2 aliphatic rings. The van der Waals surface area contributed by atoms with Crippen LogP contribution in [0.15, 0.2) is 23.5 Å². The predicted octanol–water partition coefficient (Wildman–Crippen LogP) is 2.40. The first-order valence-electron chi connectivity index (χ1n) is 3.98. The Morgan fingerprint density at radius 1 is 1.30 bits per heavy atom. The van der Waals surface area contributed by atoms with Crippen molar-refractivity contribution in [3.05, 3.63) is 23.5 Å². The van der Waals surface area contributed by atoms with Gasteiger partial charge in [0.2, 0.25) is 0 Å². The van der Waals surface area contributed by atoms with Crippen LogP contribution in [-0.4, -0.2) is 6.61 Å². The molecule has 0 spiro atoms. The Morgan fingerprint density at radius 2 is 2.30 bits per heavy atom. The van der Waals surface area contributed by atoms with Crippen LogP contribution in [0, 0.1) is 0 Å². The van der Waals surface area contributed by atoms with E-state index in [-0.39, 0.29) is 0 Å². The van der Waals surface area contributed by atoms with Crippen molar-refractivity contribution in [3.8, 4) is 0 Å². The van der Waals surface area contributed by atoms with Gasteiger partial charge in [0.15, 0.2) is 0 Å². The fourth-order valence-corrected chi connectivity index (χ4v) is 1.56. The van der Waals surface area contributed by atoms with Gasteiger partial charge >= 0.3 is 0 Å². The molecule has 0 atom stereocenters. The van der Waals surface area contributed by atoms with Crippen molar-refractivity contribution in [2.45, 2.75) is 25.7 Å². The van der Waals surface area contributed by atoms with Crippen LogP contribution < -0.4 is 0 Å². The summed E-state index contributed by atoms with van der Waals surface area (Å²) in [6, 6.07) is 0. The Hall–Kier alpha value is -0.720. The summed E-state index contributed by atoms with van der Waals surface area (Å²) in [5.74, 6) is 1.16. The zero-order valence-corrected chi connectivity index (χ0v) is 6.10. The van der Waals surface area contributed by atoms with E-state index >= 15 is 0 Å². The van der Waals surface area contributed by atoms with Gasteiger partial charge in [-0.05, 0) is 37.3 Å². The maximum atomic E-state index is 5.47. The molecule has 0 aromatic heterocycles. The third-order valence-corrected chi connectivity index (χ3v) is 2.11. The lowest BCUT2D eigenvalue weighted by atomic mass is 9.98. The number of hydrogen-bond donors (Lipinski definition) is 0. The lowest BCUT2D eigenvalue weighted by Gasteiger charge is -2.21. The van der Waals surface area contributed by atoms with E-state index in [4.69, 9.17) is 4.74 Å². The highest BCUT2D eigenvalue weighted by atomic mass is 16.5. The van der Waals surface area contributed by atoms with Crippen LogP contribution in [-0.2, 0) is 4.74 Å². The molecule has 1 heteroatoms. The second kappa shape index (κ2) is 2.49. The molecule has 0 bridgehead atoms. The molecule has 10 heavy (non-hydrogen) atoms. The van der Waals surface area contributed by atoms with Crippen LogP contribution in [0.25, 0.3) is 0 Å². The largest absolute Gasteiger partial charge is 0.494 e. The highest BCUT2D eigenvalue weighted by Gasteiger charge is 2.12. The second-order valence-corrected chi connectivity index (χ2v) is 2.86. The number of ether oxygens (including phenoxy) is 1. The Kier molecular flexibility index (Phi) is 1.50. The lowest BCUT2D eigenvalue weighted by molar-refractivity contribution is 0.196. The quantitative estimate of drug-likeness (QED) is 0.497. The molecule has 0 radical (unpaired) electrons. The standard InChI is InChI=1S/C9H12O/c1-2-6-9-8(4-1)5-3-7-10-9/h2,6H,1,3-5,7H2. The van der Waals surface area contributed by atoms with Crippen LogP contribution >= 0.6 is 0 Å². The third kappa shape index (κ3) is 0.962. The van der Waals surface area contributed by atoms with Gasteiger partial charge in [0, 0.05) is 0 Å². The van der Waals surface area contributed by atoms with Crippen LogP contribution in [0.1, 0.15) is 25.7 Å². The van der Waals surface area contributed by atoms with E-state index in [1.54, 1.807) is 0 Å². The molecule has 0 fully saturated rings. The molecular formula is C9H12O. The summed E-state index contributed by atoms with van der Waals surface area (Å²) >= 11 is 0. The van der Waals surface area contributed by atoms with Gasteiger partial charge in [0.25, 0.3) is 0 Å². The summed E-state index contributed by atoms with van der Waals surface area (Å²) in [7, 11) is 0. The average Bonchev–Trinajstić information content (AvgIpc) is 2.05. The fraction of sp³-hybridized carbons (Fsp3) is 0.556. The normalized spacial score (nSPS) is 24.0. The minimum Gasteiger partial charge on any atom is -0.494 e. The van der Waals surface area contributed by atoms with Gasteiger partial charge in [-0.3, -0.25) is 0 Å². The van der Waals surface area contributed by atoms with E-state index in [0.29, 0.717) is 0 Å². The van der Waals surface area contributed by atoms with Gasteiger partial charge in [0.1, 0.15) is 5.76 Å². The van der Waals surface area contributed by atoms with Gasteiger partial charge in [-0.2, -0.15) is 0 Å². The van der Waals surface area contributed by atoms with Crippen molar-refractivity contribution in [2.75, 3.05) is 6.61 Å². The Labute approximate surface area is 61.4 Å². The summed E-state index contributed by atoms with van der Waals surface area (Å²) < 4.78 is 5.47. The highest BCUT2D eigenvalue weighted by Crippen LogP contribution is 2.27. The van der Waals surface area contributed by atoms with Crippen molar-refractivity contribution in [3.63, 3.8) is 0 Å². The molecule has 0 N–H and O–H groups in total. The van der Waals surface area contributed by atoms with E-state index in [0.717, 1.165) is 12.4 Å². The maximum absolute atomic E-state index is 5.47. The third-order valence-electron chi connectivity index (χ3n) is 2.11. The molecule has 0 saturated carbocycles. The maximum Gasteiger partial charge on any atom is 0.118 e. The van der Waals surface area contributed by atoms with Crippen LogP contribution in [0.4, 0.5) is 0 Å². The topological polar surface area (TPSA) is 9.23 Å². The molecule has 0 aromatic carbocycles. The summed E-state index contributed by atoms with van der Waals surface area (Å²) in [6.45, 7) is 0.920. The summed E-state index contributed by atoms with van der Waals surface area (Å²) in [4.78, 5) is 0. The zero-order valence-electron chi connectivity index (χ0n) is 6.10. The second-order valence-electron chi connectivity index (χ2n) is 2.86. The summed E-state index contributed by atoms with van der Waals surface area (Å²) in [6.07, 6.45) is 9.24. The van der Waals surface area contributed by atoms with Crippen molar-refractivity contribution in [1.29, 1.82) is 0 Å². The summed E-state index contributed by atoms with van der Waals surface area (Å²) in [5, 5.41) is 0. The molecule has 1 heterocycles. The minimum absolute atomic E-state index is 0.920. The molecule has 0 amide bonds. The molecule has 54 valence electrons. The molecular weight excluding hydrogens is 124 g/mol. The van der Waals surface area contributed by atoms with Crippen molar-refractivity contribution >= 4 is 0 Å². The van der Waals surface area contributed by atoms with Gasteiger partial charge in [-0.25, -0.2) is 0 Å². The Bertz CT molecular complexity index is 189. The van der Waals surface area contributed by atoms with E-state index in [1.165, 1.54) is 31.3 Å². The SMILES string of the molecule is C1=CC2=C(CC1)CCCO2. The smallest absolute Gasteiger partial charge is 0.118 e. The minimum atomic E-state index is 0.920. The number of hydrogen-bond acceptors (Lipinski definition) is 1. The number of allylic oxidation sites excluding steroid dienone is 3. The molecule has 1 aliphatic heterocycles. The molecule has 1 aliphatic carbocycles. The van der Waals surface area contributed by atoms with E-state index in [2.05, 4.69) is 12.2 Å². The van der Waals surface area contributed by atoms with Gasteiger partial charge < -0.3 is 4.74 Å². The van der Waals surface area contributed by atoms with Crippen molar-refractivity contribution in [1.82, 2.24) is 0 Å². The fourth-order valence-electron chi connectivity index (χ4n) is 1.56. The first-order valence-corrected chi connectivity index (χ1v) is 3.98. The Morgan fingerprint density at radius 3 is 3.20 bits per heavy atom. The van der Waals surface area contributed by atoms with Gasteiger partial charge in [-0.1, -0.05) is 6.08 Å². The van der Waals surface area contributed by atoms with Gasteiger partial charge in [-0.15, -0.1) is 0 Å². The number of rotatable bonds is 0. The molecule has 0 saturated heterocycles. The molecule has 0 unspecified atom stereocenters. The van der Waals surface area contributed by atoms with E-state index in [1.807, 2.05) is 0 Å². The first kappa shape index (κ1) is 6.02. The van der Waals surface area contributed by atoms with E-state index < -0.39 is 0 Å². The lowest BCUT2D eigenvalue weighted by Crippen LogP contribution is -2.07. The van der Waals surface area contributed by atoms with Crippen molar-refractivity contribution < 1.29 is 4.74 Å². The molecule has 0 aromatic rings. The van der Waals surface area contributed by atoms with Crippen LogP contribution in [0.2, 0.25) is 0 Å². The average molecular weight is 136 g/mol. The van der Waals surface area contributed by atoms with Crippen LogP contribution in [0.3, 0.4) is 0 Å². The predicted molar refractivity (Wildman–Crippen MR) is 40.6 cm³/mol. The van der Waals surface area contributed by atoms with Crippen molar-refractivity contribution in [2.24, 2.45) is 0 Å². The van der Waals surface area contributed by atoms with E-state index in [9.17, 15) is 0 Å². The first-order chi connectivity index (χ1) is 4.97. The monoisotopic (exact) mass is 136 g/mol. The molecule has 2 rings (SSSR count). The van der Waals surface area contributed by atoms with Gasteiger partial charge in [0.05, 0.1) is 6.61 Å². The Balaban J connectivity index is 2.23. The molecule has 1 nitrogen and oxygen atoms in total.